The van der Waals surface area contributed by atoms with Crippen molar-refractivity contribution in [1.29, 1.82) is 0 Å². The highest BCUT2D eigenvalue weighted by molar-refractivity contribution is 6.02. The van der Waals surface area contributed by atoms with Gasteiger partial charge in [0, 0.05) is 23.9 Å². The number of allylic oxidation sites excluding steroid dienone is 1. The molecule has 1 unspecified atom stereocenters. The van der Waals surface area contributed by atoms with E-state index in [0.29, 0.717) is 17.4 Å². The molecule has 0 bridgehead atoms. The zero-order valence-electron chi connectivity index (χ0n) is 34.3. The van der Waals surface area contributed by atoms with Gasteiger partial charge in [-0.1, -0.05) is 225 Å². The van der Waals surface area contributed by atoms with Gasteiger partial charge in [-0.15, -0.1) is 0 Å². The molecule has 55 heavy (non-hydrogen) atoms. The van der Waals surface area contributed by atoms with Gasteiger partial charge in [0.15, 0.2) is 0 Å². The van der Waals surface area contributed by atoms with Crippen LogP contribution in [0.4, 0.5) is 0 Å². The summed E-state index contributed by atoms with van der Waals surface area (Å²) in [6.07, 6.45) is 1.08. The topological polar surface area (TPSA) is 21.6 Å². The summed E-state index contributed by atoms with van der Waals surface area (Å²) in [5.74, 6) is 1.60. The van der Waals surface area contributed by atoms with Gasteiger partial charge in [-0.3, -0.25) is 4.99 Å². The van der Waals surface area contributed by atoms with Gasteiger partial charge in [-0.25, -0.2) is 0 Å². The Balaban J connectivity index is 0.000000355. The first-order chi connectivity index (χ1) is 26.8. The second-order valence-electron chi connectivity index (χ2n) is 12.7. The predicted octanol–water partition coefficient (Wildman–Crippen LogP) is 15.6. The fourth-order valence-corrected chi connectivity index (χ4v) is 5.83. The maximum atomic E-state index is 6.00. The molecular weight excluding hydrogens is 667 g/mol. The summed E-state index contributed by atoms with van der Waals surface area (Å²) < 4.78 is 6.00. The Morgan fingerprint density at radius 1 is 0.473 bits per heavy atom. The second-order valence-corrected chi connectivity index (χ2v) is 12.7. The summed E-state index contributed by atoms with van der Waals surface area (Å²) in [5.41, 5.74) is 13.7. The van der Waals surface area contributed by atoms with Crippen molar-refractivity contribution in [3.05, 3.63) is 200 Å². The number of hydrogen-bond acceptors (Lipinski definition) is 2. The first kappa shape index (κ1) is 43.4. The Morgan fingerprint density at radius 3 is 1.05 bits per heavy atom. The lowest BCUT2D eigenvalue weighted by molar-refractivity contribution is 0.474. The average molecular weight is 726 g/mol. The van der Waals surface area contributed by atoms with E-state index in [2.05, 4.69) is 148 Å². The first-order valence-corrected chi connectivity index (χ1v) is 19.5. The molecule has 0 heterocycles. The number of aliphatic imine (C=N–C) groups is 1. The van der Waals surface area contributed by atoms with Crippen molar-refractivity contribution in [3.63, 3.8) is 0 Å². The lowest BCUT2D eigenvalue weighted by Crippen LogP contribution is -2.11. The Morgan fingerprint density at radius 2 is 0.764 bits per heavy atom. The number of benzene rings is 6. The van der Waals surface area contributed by atoms with Gasteiger partial charge in [-0.05, 0) is 63.8 Å². The number of rotatable bonds is 11. The molecule has 1 atom stereocenters. The zero-order valence-corrected chi connectivity index (χ0v) is 34.3. The molecule has 2 nitrogen and oxygen atoms in total. The Kier molecular flexibility index (Phi) is 18.1. The van der Waals surface area contributed by atoms with Gasteiger partial charge in [0.2, 0.25) is 0 Å². The molecule has 0 aromatic heterocycles. The summed E-state index contributed by atoms with van der Waals surface area (Å²) >= 11 is 0. The van der Waals surface area contributed by atoms with E-state index in [1.807, 2.05) is 90.2 Å². The van der Waals surface area contributed by atoms with Gasteiger partial charge in [-0.2, -0.15) is 0 Å². The third kappa shape index (κ3) is 12.5. The molecule has 6 rings (SSSR count). The van der Waals surface area contributed by atoms with Crippen LogP contribution in [0.15, 0.2) is 182 Å². The van der Waals surface area contributed by atoms with Crippen LogP contribution in [0.3, 0.4) is 0 Å². The van der Waals surface area contributed by atoms with Crippen LogP contribution >= 0.6 is 0 Å². The van der Waals surface area contributed by atoms with Crippen LogP contribution in [0.2, 0.25) is 0 Å². The van der Waals surface area contributed by atoms with Crippen molar-refractivity contribution in [1.82, 2.24) is 0 Å². The highest BCUT2D eigenvalue weighted by Gasteiger charge is 2.11. The third-order valence-corrected chi connectivity index (χ3v) is 9.09. The van der Waals surface area contributed by atoms with Crippen LogP contribution in [0.5, 0.6) is 0 Å². The average Bonchev–Trinajstić information content (AvgIpc) is 3.26. The molecule has 0 saturated heterocycles. The minimum absolute atomic E-state index is 0.447. The van der Waals surface area contributed by atoms with Gasteiger partial charge < -0.3 is 4.74 Å². The van der Waals surface area contributed by atoms with E-state index < -0.39 is 0 Å². The number of ether oxygens (including phenoxy) is 1. The second kappa shape index (κ2) is 22.9. The zero-order chi connectivity index (χ0) is 40.2. The van der Waals surface area contributed by atoms with E-state index in [1.165, 1.54) is 33.4 Å². The molecule has 0 spiro atoms. The van der Waals surface area contributed by atoms with Crippen LogP contribution in [0.1, 0.15) is 77.1 Å². The van der Waals surface area contributed by atoms with E-state index in [4.69, 9.17) is 4.74 Å². The van der Waals surface area contributed by atoms with E-state index >= 15 is 0 Å². The Hall–Kier alpha value is -5.99. The van der Waals surface area contributed by atoms with Gasteiger partial charge in [0.25, 0.3) is 0 Å². The van der Waals surface area contributed by atoms with Crippen LogP contribution in [-0.2, 0) is 4.74 Å². The van der Waals surface area contributed by atoms with Crippen LogP contribution in [0, 0.1) is 5.92 Å². The molecular formula is C53H59NO. The van der Waals surface area contributed by atoms with Crippen LogP contribution < -0.4 is 0 Å². The standard InChI is InChI=1S/C34H33NO.C15H14.2C2H6/c1-6-24(2)34(35-5)33-22-20-32(21-23-33)31-18-14-28(15-19-31)26(4)36-25(3)27-12-16-30(17-13-27)29-10-8-7-9-11-29;1-12(2)13-8-10-15(11-9-13)14-6-4-3-5-7-14;2*1-2/h7-24H,3-4,6H2,1-2,5H3;3-11H,1H2,2H3;2*1-2H3. The molecule has 6 aromatic carbocycles. The fourth-order valence-electron chi connectivity index (χ4n) is 5.83. The van der Waals surface area contributed by atoms with Crippen molar-refractivity contribution in [2.75, 3.05) is 7.05 Å². The predicted molar refractivity (Wildman–Crippen MR) is 244 cm³/mol. The van der Waals surface area contributed by atoms with Gasteiger partial charge in [0.1, 0.15) is 11.5 Å². The maximum absolute atomic E-state index is 6.00. The van der Waals surface area contributed by atoms with Gasteiger partial charge >= 0.3 is 0 Å². The van der Waals surface area contributed by atoms with Gasteiger partial charge in [0.05, 0.1) is 0 Å². The normalized spacial score (nSPS) is 10.9. The quantitative estimate of drug-likeness (QED) is 0.0962. The van der Waals surface area contributed by atoms with Crippen molar-refractivity contribution in [3.8, 4) is 33.4 Å². The van der Waals surface area contributed by atoms with Crippen LogP contribution in [-0.4, -0.2) is 12.8 Å². The van der Waals surface area contributed by atoms with Crippen LogP contribution in [0.25, 0.3) is 50.5 Å². The molecule has 0 aliphatic heterocycles. The van der Waals surface area contributed by atoms with E-state index in [0.717, 1.165) is 40.0 Å². The monoisotopic (exact) mass is 725 g/mol. The Labute approximate surface area is 332 Å². The van der Waals surface area contributed by atoms with Crippen molar-refractivity contribution < 1.29 is 4.74 Å². The van der Waals surface area contributed by atoms with E-state index in [1.54, 1.807) is 0 Å². The van der Waals surface area contributed by atoms with Crippen molar-refractivity contribution in [2.24, 2.45) is 10.9 Å². The molecule has 282 valence electrons. The summed E-state index contributed by atoms with van der Waals surface area (Å²) in [4.78, 5) is 4.51. The molecule has 0 saturated carbocycles. The molecule has 0 N–H and O–H groups in total. The SMILES string of the molecule is C=C(C)c1ccc(-c2ccccc2)cc1.C=C(OC(=C)c1ccc(-c2ccc(C(=NC)C(C)CC)cc2)cc1)c1ccc(-c2ccccc2)cc1.CC.CC. The lowest BCUT2D eigenvalue weighted by Gasteiger charge is -2.14. The molecule has 0 radical (unpaired) electrons. The molecule has 2 heteroatoms. The molecule has 0 amide bonds. The summed E-state index contributed by atoms with van der Waals surface area (Å²) in [5, 5.41) is 0. The smallest absolute Gasteiger partial charge is 0.127 e. The summed E-state index contributed by atoms with van der Waals surface area (Å²) in [6.45, 7) is 26.6. The van der Waals surface area contributed by atoms with Crippen molar-refractivity contribution in [2.45, 2.75) is 54.9 Å². The highest BCUT2D eigenvalue weighted by Crippen LogP contribution is 2.28. The molecule has 6 aromatic rings. The summed E-state index contributed by atoms with van der Waals surface area (Å²) in [7, 11) is 1.87. The first-order valence-electron chi connectivity index (χ1n) is 19.5. The minimum atomic E-state index is 0.447. The molecule has 0 aliphatic rings. The maximum Gasteiger partial charge on any atom is 0.127 e. The minimum Gasteiger partial charge on any atom is -0.457 e. The fraction of sp³-hybridized carbons (Fsp3) is 0.189. The lowest BCUT2D eigenvalue weighted by atomic mass is 9.94. The van der Waals surface area contributed by atoms with E-state index in [9.17, 15) is 0 Å². The highest BCUT2D eigenvalue weighted by atomic mass is 16.5. The molecule has 0 aliphatic carbocycles. The largest absolute Gasteiger partial charge is 0.457 e. The van der Waals surface area contributed by atoms with E-state index in [-0.39, 0.29) is 0 Å². The third-order valence-electron chi connectivity index (χ3n) is 9.09. The number of nitrogens with zero attached hydrogens (tertiary/aromatic N) is 1. The number of hydrogen-bond donors (Lipinski definition) is 0. The van der Waals surface area contributed by atoms with Crippen molar-refractivity contribution >= 4 is 22.8 Å². The molecule has 0 fully saturated rings. The Bertz CT molecular complexity index is 2070. The summed E-state index contributed by atoms with van der Waals surface area (Å²) in [6, 6.07) is 54.3.